The molecule has 0 aromatic rings. The SMILES string of the molecule is CC.CC(N)=O.CNC#N.O=C(O)C1=CCCC(C(O)CCO)O1. The summed E-state index contributed by atoms with van der Waals surface area (Å²) in [6.07, 6.45) is 3.22. The molecular formula is C15H29N3O6. The number of carboxylic acids is 1. The minimum Gasteiger partial charge on any atom is -0.481 e. The summed E-state index contributed by atoms with van der Waals surface area (Å²) < 4.78 is 5.06. The molecule has 24 heavy (non-hydrogen) atoms. The van der Waals surface area contributed by atoms with Crippen molar-refractivity contribution in [1.82, 2.24) is 5.32 Å². The molecule has 0 bridgehead atoms. The van der Waals surface area contributed by atoms with Gasteiger partial charge in [-0.15, -0.1) is 0 Å². The van der Waals surface area contributed by atoms with Gasteiger partial charge in [0.15, 0.2) is 6.19 Å². The van der Waals surface area contributed by atoms with Crippen molar-refractivity contribution in [2.75, 3.05) is 13.7 Å². The Labute approximate surface area is 142 Å². The Kier molecular flexibility index (Phi) is 20.8. The second-order valence-electron chi connectivity index (χ2n) is 4.16. The number of nitrogens with zero attached hydrogens (tertiary/aromatic N) is 1. The third-order valence-electron chi connectivity index (χ3n) is 2.24. The van der Waals surface area contributed by atoms with Crippen LogP contribution in [-0.4, -0.2) is 53.1 Å². The van der Waals surface area contributed by atoms with Gasteiger partial charge in [-0.05, 0) is 18.9 Å². The highest BCUT2D eigenvalue weighted by molar-refractivity contribution is 5.84. The highest BCUT2D eigenvalue weighted by Crippen LogP contribution is 2.20. The number of carboxylic acid groups (broad SMARTS) is 1. The topological polar surface area (TPSA) is 166 Å². The lowest BCUT2D eigenvalue weighted by molar-refractivity contribution is -0.140. The van der Waals surface area contributed by atoms with Crippen molar-refractivity contribution in [2.24, 2.45) is 5.73 Å². The molecule has 0 saturated carbocycles. The van der Waals surface area contributed by atoms with Gasteiger partial charge in [0.05, 0.1) is 6.10 Å². The Morgan fingerprint density at radius 2 is 2.00 bits per heavy atom. The molecule has 1 aliphatic rings. The summed E-state index contributed by atoms with van der Waals surface area (Å²) in [6.45, 7) is 5.17. The lowest BCUT2D eigenvalue weighted by Gasteiger charge is -2.26. The van der Waals surface area contributed by atoms with Crippen molar-refractivity contribution in [3.63, 3.8) is 0 Å². The van der Waals surface area contributed by atoms with E-state index in [1.165, 1.54) is 13.0 Å². The zero-order valence-corrected chi connectivity index (χ0v) is 14.7. The Hall–Kier alpha value is -2.31. The molecule has 1 heterocycles. The van der Waals surface area contributed by atoms with Crippen LogP contribution in [0, 0.1) is 11.5 Å². The average Bonchev–Trinajstić information content (AvgIpc) is 2.56. The van der Waals surface area contributed by atoms with E-state index in [9.17, 15) is 14.7 Å². The Bertz CT molecular complexity index is 403. The highest BCUT2D eigenvalue weighted by atomic mass is 16.5. The fraction of sp³-hybridized carbons (Fsp3) is 0.667. The number of nitrogens with one attached hydrogen (secondary N) is 1. The number of nitrogens with two attached hydrogens (primary N) is 1. The van der Waals surface area contributed by atoms with Gasteiger partial charge in [-0.3, -0.25) is 4.79 Å². The van der Waals surface area contributed by atoms with Gasteiger partial charge < -0.3 is 31.1 Å². The van der Waals surface area contributed by atoms with Crippen LogP contribution < -0.4 is 11.1 Å². The van der Waals surface area contributed by atoms with E-state index >= 15 is 0 Å². The number of carbonyl (C=O) groups excluding carboxylic acids is 1. The summed E-state index contributed by atoms with van der Waals surface area (Å²) in [7, 11) is 1.57. The van der Waals surface area contributed by atoms with Crippen LogP contribution >= 0.6 is 0 Å². The van der Waals surface area contributed by atoms with Crippen LogP contribution in [-0.2, 0) is 14.3 Å². The molecule has 1 aliphatic heterocycles. The third-order valence-corrected chi connectivity index (χ3v) is 2.24. The predicted molar refractivity (Wildman–Crippen MR) is 88.4 cm³/mol. The van der Waals surface area contributed by atoms with Crippen molar-refractivity contribution in [3.8, 4) is 6.19 Å². The van der Waals surface area contributed by atoms with Crippen LogP contribution in [0.4, 0.5) is 0 Å². The number of allylic oxidation sites excluding steroid dienone is 1. The van der Waals surface area contributed by atoms with Crippen molar-refractivity contribution in [1.29, 1.82) is 5.26 Å². The summed E-state index contributed by atoms with van der Waals surface area (Å²) in [5.74, 6) is -1.57. The van der Waals surface area contributed by atoms with Gasteiger partial charge in [0.25, 0.3) is 0 Å². The number of ether oxygens (including phenoxy) is 1. The highest BCUT2D eigenvalue weighted by Gasteiger charge is 2.26. The number of aliphatic carboxylic acids is 1. The number of amides is 1. The minimum atomic E-state index is -1.12. The van der Waals surface area contributed by atoms with Crippen molar-refractivity contribution < 1.29 is 29.6 Å². The lowest BCUT2D eigenvalue weighted by Crippen LogP contribution is -2.32. The van der Waals surface area contributed by atoms with Gasteiger partial charge in [0.1, 0.15) is 6.10 Å². The normalized spacial score (nSPS) is 15.7. The predicted octanol–water partition coefficient (Wildman–Crippen LogP) is 0.0819. The maximum atomic E-state index is 10.6. The quantitative estimate of drug-likeness (QED) is 0.352. The maximum Gasteiger partial charge on any atom is 0.370 e. The number of aliphatic hydroxyl groups is 2. The molecule has 1 rings (SSSR count). The zero-order valence-electron chi connectivity index (χ0n) is 14.7. The lowest BCUT2D eigenvalue weighted by atomic mass is 10.0. The molecule has 0 aliphatic carbocycles. The number of carbonyl (C=O) groups is 2. The van der Waals surface area contributed by atoms with Crippen LogP contribution in [0.2, 0.25) is 0 Å². The zero-order chi connectivity index (χ0) is 19.5. The van der Waals surface area contributed by atoms with Crippen LogP contribution in [0.25, 0.3) is 0 Å². The standard InChI is InChI=1S/C9H14O5.C2H4N2.C2H5NO.C2H6/c10-5-4-6(11)7-2-1-3-8(14-7)9(12)13;1-4-2-3;1-2(3)4;1-2/h3,6-7,10-11H,1-2,4-5H2,(H,12,13);4H,1H3;1H3,(H2,3,4);1-2H3. The van der Waals surface area contributed by atoms with Gasteiger partial charge in [-0.1, -0.05) is 13.8 Å². The number of hydrogen-bond acceptors (Lipinski definition) is 7. The second kappa shape index (κ2) is 18.7. The third kappa shape index (κ3) is 17.7. The van der Waals surface area contributed by atoms with Crippen LogP contribution in [0.15, 0.2) is 11.8 Å². The van der Waals surface area contributed by atoms with E-state index in [0.717, 1.165) is 0 Å². The van der Waals surface area contributed by atoms with Gasteiger partial charge in [0.2, 0.25) is 11.7 Å². The largest absolute Gasteiger partial charge is 0.481 e. The van der Waals surface area contributed by atoms with Gasteiger partial charge in [0, 0.05) is 27.0 Å². The molecule has 6 N–H and O–H groups in total. The Morgan fingerprint density at radius 3 is 2.33 bits per heavy atom. The molecule has 0 aromatic heterocycles. The number of rotatable bonds is 4. The molecule has 0 aromatic carbocycles. The summed E-state index contributed by atoms with van der Waals surface area (Å²) in [4.78, 5) is 19.8. The first kappa shape index (κ1) is 26.6. The van der Waals surface area contributed by atoms with Crippen molar-refractivity contribution in [2.45, 2.75) is 52.2 Å². The second-order valence-corrected chi connectivity index (χ2v) is 4.16. The molecule has 0 radical (unpaired) electrons. The fourth-order valence-corrected chi connectivity index (χ4v) is 1.38. The van der Waals surface area contributed by atoms with E-state index in [-0.39, 0.29) is 24.7 Å². The number of hydrogen-bond donors (Lipinski definition) is 5. The summed E-state index contributed by atoms with van der Waals surface area (Å²) >= 11 is 0. The monoisotopic (exact) mass is 347 g/mol. The summed E-state index contributed by atoms with van der Waals surface area (Å²) in [6, 6.07) is 0. The summed E-state index contributed by atoms with van der Waals surface area (Å²) in [5.41, 5.74) is 4.47. The van der Waals surface area contributed by atoms with Crippen molar-refractivity contribution >= 4 is 11.9 Å². The van der Waals surface area contributed by atoms with Crippen LogP contribution in [0.5, 0.6) is 0 Å². The molecule has 9 nitrogen and oxygen atoms in total. The molecule has 140 valence electrons. The van der Waals surface area contributed by atoms with Crippen LogP contribution in [0.3, 0.4) is 0 Å². The van der Waals surface area contributed by atoms with E-state index < -0.39 is 18.2 Å². The Balaban J connectivity index is -0.000000367. The fourth-order valence-electron chi connectivity index (χ4n) is 1.38. The molecule has 2 unspecified atom stereocenters. The summed E-state index contributed by atoms with van der Waals surface area (Å²) in [5, 5.41) is 36.5. The van der Waals surface area contributed by atoms with Gasteiger partial charge in [-0.2, -0.15) is 5.26 Å². The van der Waals surface area contributed by atoms with E-state index in [2.05, 4.69) is 11.1 Å². The molecule has 9 heteroatoms. The number of primary amides is 1. The minimum absolute atomic E-state index is 0.113. The molecule has 0 spiro atoms. The van der Waals surface area contributed by atoms with E-state index in [4.69, 9.17) is 20.2 Å². The van der Waals surface area contributed by atoms with E-state index in [0.29, 0.717) is 12.8 Å². The molecule has 0 saturated heterocycles. The van der Waals surface area contributed by atoms with Gasteiger partial charge in [-0.25, -0.2) is 4.79 Å². The smallest absolute Gasteiger partial charge is 0.370 e. The van der Waals surface area contributed by atoms with E-state index in [1.807, 2.05) is 13.8 Å². The van der Waals surface area contributed by atoms with Crippen LogP contribution in [0.1, 0.15) is 40.0 Å². The first-order valence-corrected chi connectivity index (χ1v) is 7.51. The first-order valence-electron chi connectivity index (χ1n) is 7.51. The molecule has 0 fully saturated rings. The van der Waals surface area contributed by atoms with Crippen molar-refractivity contribution in [3.05, 3.63) is 11.8 Å². The number of aliphatic hydroxyl groups excluding tert-OH is 2. The maximum absolute atomic E-state index is 10.6. The molecule has 2 atom stereocenters. The number of nitriles is 1. The molecule has 1 amide bonds. The first-order chi connectivity index (χ1) is 11.3. The average molecular weight is 347 g/mol. The van der Waals surface area contributed by atoms with E-state index in [1.54, 1.807) is 13.2 Å². The Morgan fingerprint density at radius 1 is 1.54 bits per heavy atom. The van der Waals surface area contributed by atoms with Gasteiger partial charge >= 0.3 is 5.97 Å². The molecular weight excluding hydrogens is 318 g/mol.